The van der Waals surface area contributed by atoms with Crippen LogP contribution >= 0.6 is 11.6 Å². The summed E-state index contributed by atoms with van der Waals surface area (Å²) in [7, 11) is 0. The lowest BCUT2D eigenvalue weighted by Gasteiger charge is -2.06. The van der Waals surface area contributed by atoms with E-state index >= 15 is 0 Å². The SMILES string of the molecule is CCCCCCCCCCCCCCCCCCOc1ccc(/C=C/C2=[N+](CCCl)CCO2)cc1.[Cl-]. The van der Waals surface area contributed by atoms with Crippen molar-refractivity contribution in [3.63, 3.8) is 0 Å². The largest absolute Gasteiger partial charge is 1.00 e. The second-order valence-electron chi connectivity index (χ2n) is 9.92. The van der Waals surface area contributed by atoms with Gasteiger partial charge in [0.2, 0.25) is 0 Å². The van der Waals surface area contributed by atoms with Crippen molar-refractivity contribution in [2.45, 2.75) is 110 Å². The van der Waals surface area contributed by atoms with Gasteiger partial charge in [-0.2, -0.15) is 4.58 Å². The molecule has 0 fully saturated rings. The minimum Gasteiger partial charge on any atom is -1.00 e. The molecule has 0 amide bonds. The fourth-order valence-electron chi connectivity index (χ4n) is 4.62. The van der Waals surface area contributed by atoms with Gasteiger partial charge in [0.1, 0.15) is 5.75 Å². The molecule has 1 aliphatic heterocycles. The molecule has 206 valence electrons. The molecule has 0 aromatic heterocycles. The first-order valence-corrected chi connectivity index (χ1v) is 15.1. The van der Waals surface area contributed by atoms with Crippen LogP contribution in [0.2, 0.25) is 0 Å². The monoisotopic (exact) mass is 539 g/mol. The van der Waals surface area contributed by atoms with Crippen molar-refractivity contribution in [2.75, 3.05) is 32.2 Å². The van der Waals surface area contributed by atoms with Crippen molar-refractivity contribution < 1.29 is 26.5 Å². The zero-order chi connectivity index (χ0) is 24.8. The number of hydrogen-bond donors (Lipinski definition) is 0. The van der Waals surface area contributed by atoms with Gasteiger partial charge in [-0.05, 0) is 30.2 Å². The second kappa shape index (κ2) is 23.0. The van der Waals surface area contributed by atoms with Crippen molar-refractivity contribution in [1.29, 1.82) is 0 Å². The molecule has 0 aliphatic carbocycles. The maximum atomic E-state index is 5.93. The second-order valence-corrected chi connectivity index (χ2v) is 10.3. The third-order valence-corrected chi connectivity index (χ3v) is 7.01. The van der Waals surface area contributed by atoms with Gasteiger partial charge in [-0.25, -0.2) is 0 Å². The first-order chi connectivity index (χ1) is 17.3. The molecule has 0 unspecified atom stereocenters. The van der Waals surface area contributed by atoms with E-state index in [4.69, 9.17) is 21.1 Å². The van der Waals surface area contributed by atoms with Crippen LogP contribution in [0.25, 0.3) is 6.08 Å². The number of alkyl halides is 1. The summed E-state index contributed by atoms with van der Waals surface area (Å²) in [6.07, 6.45) is 26.4. The van der Waals surface area contributed by atoms with E-state index in [1.165, 1.54) is 96.3 Å². The summed E-state index contributed by atoms with van der Waals surface area (Å²) in [5.41, 5.74) is 1.15. The van der Waals surface area contributed by atoms with Gasteiger partial charge in [0.25, 0.3) is 0 Å². The van der Waals surface area contributed by atoms with Gasteiger partial charge >= 0.3 is 5.90 Å². The summed E-state index contributed by atoms with van der Waals surface area (Å²) in [6.45, 7) is 5.58. The third kappa shape index (κ3) is 15.8. The zero-order valence-corrected chi connectivity index (χ0v) is 24.3. The number of benzene rings is 1. The zero-order valence-electron chi connectivity index (χ0n) is 22.8. The Morgan fingerprint density at radius 3 is 1.83 bits per heavy atom. The summed E-state index contributed by atoms with van der Waals surface area (Å²) in [6, 6.07) is 8.31. The molecular weight excluding hydrogens is 489 g/mol. The topological polar surface area (TPSA) is 21.5 Å². The first-order valence-electron chi connectivity index (χ1n) is 14.5. The van der Waals surface area contributed by atoms with Crippen molar-refractivity contribution in [3.8, 4) is 5.75 Å². The Kier molecular flexibility index (Phi) is 20.9. The molecule has 0 bridgehead atoms. The van der Waals surface area contributed by atoms with Gasteiger partial charge in [-0.1, -0.05) is 115 Å². The van der Waals surface area contributed by atoms with Crippen LogP contribution in [0.4, 0.5) is 0 Å². The van der Waals surface area contributed by atoms with E-state index in [1.807, 2.05) is 6.08 Å². The van der Waals surface area contributed by atoms with Crippen LogP contribution < -0.4 is 17.1 Å². The van der Waals surface area contributed by atoms with Crippen molar-refractivity contribution in [2.24, 2.45) is 0 Å². The summed E-state index contributed by atoms with van der Waals surface area (Å²) < 4.78 is 13.8. The third-order valence-electron chi connectivity index (χ3n) is 6.84. The van der Waals surface area contributed by atoms with E-state index < -0.39 is 0 Å². The first kappa shape index (κ1) is 32.8. The molecule has 0 saturated heterocycles. The standard InChI is InChI=1S/C31H51ClNO2.ClH/c1-2-3-4-5-6-7-8-9-10-11-12-13-14-15-16-17-27-34-30-21-18-29(19-22-30)20-23-31-33(25-24-32)26-28-35-31;/h18-23H,2-17,24-28H2,1H3;1H/q+1;/p-1/b23-20+;. The molecule has 5 heteroatoms. The van der Waals surface area contributed by atoms with Crippen molar-refractivity contribution in [3.05, 3.63) is 35.9 Å². The number of rotatable bonds is 22. The maximum Gasteiger partial charge on any atom is 0.362 e. The molecule has 1 heterocycles. The van der Waals surface area contributed by atoms with E-state index in [9.17, 15) is 0 Å². The number of hydrogen-bond acceptors (Lipinski definition) is 2. The predicted molar refractivity (Wildman–Crippen MR) is 152 cm³/mol. The van der Waals surface area contributed by atoms with Gasteiger partial charge in [-0.15, -0.1) is 11.6 Å². The summed E-state index contributed by atoms with van der Waals surface area (Å²) in [5.74, 6) is 2.48. The minimum absolute atomic E-state index is 0. The fourth-order valence-corrected chi connectivity index (χ4v) is 4.83. The van der Waals surface area contributed by atoms with Crippen LogP contribution in [0.5, 0.6) is 5.75 Å². The molecule has 0 spiro atoms. The van der Waals surface area contributed by atoms with Gasteiger partial charge in [-0.3, -0.25) is 0 Å². The highest BCUT2D eigenvalue weighted by atomic mass is 35.5. The Hall–Kier alpha value is -1.19. The molecule has 0 atom stereocenters. The van der Waals surface area contributed by atoms with Gasteiger partial charge in [0.05, 0.1) is 18.6 Å². The average molecular weight is 541 g/mol. The molecule has 0 saturated carbocycles. The van der Waals surface area contributed by atoms with Crippen molar-refractivity contribution >= 4 is 23.6 Å². The van der Waals surface area contributed by atoms with E-state index in [0.29, 0.717) is 5.88 Å². The van der Waals surface area contributed by atoms with Crippen LogP contribution in [0, 0.1) is 0 Å². The van der Waals surface area contributed by atoms with Crippen molar-refractivity contribution in [1.82, 2.24) is 0 Å². The number of unbranched alkanes of at least 4 members (excludes halogenated alkanes) is 15. The minimum atomic E-state index is 0. The molecule has 0 radical (unpaired) electrons. The maximum absolute atomic E-state index is 5.93. The Morgan fingerprint density at radius 1 is 0.778 bits per heavy atom. The highest BCUT2D eigenvalue weighted by Crippen LogP contribution is 2.16. The average Bonchev–Trinajstić information content (AvgIpc) is 3.32. The van der Waals surface area contributed by atoms with Crippen LogP contribution in [0.3, 0.4) is 0 Å². The quantitative estimate of drug-likeness (QED) is 0.102. The Labute approximate surface area is 233 Å². The predicted octanol–water partition coefficient (Wildman–Crippen LogP) is 6.02. The van der Waals surface area contributed by atoms with Crippen LogP contribution in [0.1, 0.15) is 115 Å². The van der Waals surface area contributed by atoms with Gasteiger partial charge in [0, 0.05) is 0 Å². The molecule has 1 aromatic rings. The Balaban J connectivity index is 0.00000648. The Morgan fingerprint density at radius 2 is 1.31 bits per heavy atom. The lowest BCUT2D eigenvalue weighted by molar-refractivity contribution is -0.512. The number of ether oxygens (including phenoxy) is 2. The van der Waals surface area contributed by atoms with Gasteiger partial charge < -0.3 is 21.9 Å². The number of halogens is 2. The van der Waals surface area contributed by atoms with Crippen LogP contribution in [0.15, 0.2) is 30.3 Å². The molecule has 2 rings (SSSR count). The molecule has 1 aliphatic rings. The number of nitrogens with zero attached hydrogens (tertiary/aromatic N) is 1. The van der Waals surface area contributed by atoms with E-state index in [2.05, 4.69) is 41.8 Å². The lowest BCUT2D eigenvalue weighted by atomic mass is 10.0. The summed E-state index contributed by atoms with van der Waals surface area (Å²) in [4.78, 5) is 0. The highest BCUT2D eigenvalue weighted by Gasteiger charge is 2.20. The van der Waals surface area contributed by atoms with E-state index in [-0.39, 0.29) is 12.4 Å². The molecule has 3 nitrogen and oxygen atoms in total. The van der Waals surface area contributed by atoms with Crippen LogP contribution in [-0.2, 0) is 4.74 Å². The van der Waals surface area contributed by atoms with Gasteiger partial charge in [0.15, 0.2) is 19.7 Å². The molecule has 36 heavy (non-hydrogen) atoms. The van der Waals surface area contributed by atoms with E-state index in [1.54, 1.807) is 0 Å². The highest BCUT2D eigenvalue weighted by molar-refractivity contribution is 6.18. The fraction of sp³-hybridized carbons (Fsp3) is 0.710. The van der Waals surface area contributed by atoms with E-state index in [0.717, 1.165) is 49.9 Å². The lowest BCUT2D eigenvalue weighted by Crippen LogP contribution is -3.00. The summed E-state index contributed by atoms with van der Waals surface area (Å²) >= 11 is 5.86. The normalized spacial score (nSPS) is 13.3. The summed E-state index contributed by atoms with van der Waals surface area (Å²) in [5, 5.41) is 0. The molecular formula is C31H51Cl2NO2. The molecule has 1 aromatic carbocycles. The van der Waals surface area contributed by atoms with Crippen LogP contribution in [-0.4, -0.2) is 42.7 Å². The smallest absolute Gasteiger partial charge is 0.362 e. The Bertz CT molecular complexity index is 703. The molecule has 0 N–H and O–H groups in total.